The number of hydrogen-bond donors (Lipinski definition) is 0. The summed E-state index contributed by atoms with van der Waals surface area (Å²) in [5.74, 6) is 0. The normalized spacial score (nSPS) is 13.2. The van der Waals surface area contributed by atoms with Gasteiger partial charge in [0.15, 0.2) is 13.6 Å². The van der Waals surface area contributed by atoms with Crippen LogP contribution in [0, 0.1) is 0 Å². The van der Waals surface area contributed by atoms with Crippen LogP contribution in [0.3, 0.4) is 0 Å². The molecule has 0 amide bonds. The average Bonchev–Trinajstić information content (AvgIpc) is 2.29. The van der Waals surface area contributed by atoms with Crippen LogP contribution in [0.25, 0.3) is 0 Å². The Hall–Kier alpha value is -0.810. The van der Waals surface area contributed by atoms with Gasteiger partial charge in [0.1, 0.15) is 13.2 Å². The summed E-state index contributed by atoms with van der Waals surface area (Å²) in [7, 11) is -4.49. The molecule has 0 aromatic heterocycles. The second-order valence-corrected chi connectivity index (χ2v) is 4.76. The van der Waals surface area contributed by atoms with Gasteiger partial charge in [0.2, 0.25) is 0 Å². The van der Waals surface area contributed by atoms with E-state index >= 15 is 0 Å². The molecule has 0 spiro atoms. The summed E-state index contributed by atoms with van der Waals surface area (Å²) in [5.41, 5.74) is 0. The molecule has 0 N–H and O–H groups in total. The van der Waals surface area contributed by atoms with Gasteiger partial charge in [0, 0.05) is 0 Å². The fourth-order valence-electron chi connectivity index (χ4n) is 0.708. The highest BCUT2D eigenvalue weighted by atomic mass is 31.2. The Bertz CT molecular complexity index is 330. The Labute approximate surface area is 115 Å². The number of halogens is 6. The molecule has 0 saturated heterocycles. The summed E-state index contributed by atoms with van der Waals surface area (Å²) in [4.78, 5) is 0. The molecule has 0 aromatic rings. The minimum absolute atomic E-state index is 0.564. The molecule has 0 radical (unpaired) electrons. The van der Waals surface area contributed by atoms with Gasteiger partial charge in [-0.05, 0) is 0 Å². The lowest BCUT2D eigenvalue weighted by molar-refractivity contribution is -0.194. The molecule has 0 saturated carbocycles. The summed E-state index contributed by atoms with van der Waals surface area (Å²) >= 11 is 0. The van der Waals surface area contributed by atoms with Crippen molar-refractivity contribution in [1.29, 1.82) is 0 Å². The van der Waals surface area contributed by atoms with E-state index in [1.165, 1.54) is 0 Å². The summed E-state index contributed by atoms with van der Waals surface area (Å²) in [5, 5.41) is 0. The van der Waals surface area contributed by atoms with E-state index in [1.807, 2.05) is 0 Å². The zero-order valence-corrected chi connectivity index (χ0v) is 11.2. The highest BCUT2D eigenvalue weighted by Crippen LogP contribution is 2.49. The van der Waals surface area contributed by atoms with Gasteiger partial charge < -0.3 is 14.0 Å². The van der Waals surface area contributed by atoms with Crippen LogP contribution in [0.2, 0.25) is 0 Å². The summed E-state index contributed by atoms with van der Waals surface area (Å²) in [6.45, 7) is -2.66. The second kappa shape index (κ2) is 8.59. The van der Waals surface area contributed by atoms with Gasteiger partial charge in [-0.1, -0.05) is 6.58 Å². The van der Waals surface area contributed by atoms with Crippen molar-refractivity contribution in [2.45, 2.75) is 12.4 Å². The van der Waals surface area contributed by atoms with Gasteiger partial charge >= 0.3 is 20.2 Å². The molecule has 0 rings (SSSR count). The van der Waals surface area contributed by atoms with Crippen molar-refractivity contribution in [3.8, 4) is 0 Å². The third kappa shape index (κ3) is 12.6. The second-order valence-electron chi connectivity index (χ2n) is 3.14. The number of phosphoric acid groups is 1. The number of phosphoric ester groups is 1. The van der Waals surface area contributed by atoms with E-state index in [0.717, 1.165) is 0 Å². The number of ether oxygens (including phenoxy) is 2. The Morgan fingerprint density at radius 1 is 0.905 bits per heavy atom. The van der Waals surface area contributed by atoms with Gasteiger partial charge in [-0.15, -0.1) is 0 Å². The highest BCUT2D eigenvalue weighted by molar-refractivity contribution is 7.48. The van der Waals surface area contributed by atoms with Crippen LogP contribution in [-0.4, -0.2) is 39.2 Å². The Morgan fingerprint density at radius 3 is 1.57 bits per heavy atom. The molecule has 0 aliphatic heterocycles. The minimum Gasteiger partial charge on any atom is -0.412 e. The molecule has 0 atom stereocenters. The Kier molecular flexibility index (Phi) is 8.26. The van der Waals surface area contributed by atoms with Gasteiger partial charge in [-0.2, -0.15) is 26.3 Å². The topological polar surface area (TPSA) is 63.2 Å². The molecule has 6 nitrogen and oxygen atoms in total. The van der Waals surface area contributed by atoms with E-state index in [1.54, 1.807) is 0 Å². The van der Waals surface area contributed by atoms with Crippen molar-refractivity contribution in [2.24, 2.45) is 0 Å². The molecule has 0 aliphatic rings. The maximum Gasteiger partial charge on any atom is 0.533 e. The molecule has 13 heteroatoms. The van der Waals surface area contributed by atoms with Crippen molar-refractivity contribution in [3.05, 3.63) is 12.8 Å². The van der Waals surface area contributed by atoms with Crippen molar-refractivity contribution in [2.75, 3.05) is 26.8 Å². The molecule has 21 heavy (non-hydrogen) atoms. The summed E-state index contributed by atoms with van der Waals surface area (Å²) in [6.07, 6.45) is -8.71. The van der Waals surface area contributed by atoms with Crippen LogP contribution in [-0.2, 0) is 27.6 Å². The summed E-state index contributed by atoms with van der Waals surface area (Å²) < 4.78 is 103. The predicted octanol–water partition coefficient (Wildman–Crippen LogP) is 3.36. The van der Waals surface area contributed by atoms with Crippen molar-refractivity contribution in [1.82, 2.24) is 0 Å². The van der Waals surface area contributed by atoms with Crippen LogP contribution in [0.1, 0.15) is 0 Å². The molecule has 0 aromatic carbocycles. The fourth-order valence-corrected chi connectivity index (χ4v) is 1.49. The standard InChI is InChI=1S/C8H11F6O6P/c1-2-18-21(15,19-5-16-3-7(9,10)11)20-6-17-4-8(12,13)14/h2H,1,3-6H2. The highest BCUT2D eigenvalue weighted by Gasteiger charge is 2.32. The van der Waals surface area contributed by atoms with E-state index in [-0.39, 0.29) is 0 Å². The van der Waals surface area contributed by atoms with Gasteiger partial charge in [0.25, 0.3) is 0 Å². The van der Waals surface area contributed by atoms with Crippen LogP contribution in [0.4, 0.5) is 26.3 Å². The van der Waals surface area contributed by atoms with Crippen LogP contribution < -0.4 is 0 Å². The quantitative estimate of drug-likeness (QED) is 0.198. The molecule has 0 bridgehead atoms. The van der Waals surface area contributed by atoms with Crippen LogP contribution >= 0.6 is 7.82 Å². The first-order chi connectivity index (χ1) is 9.47. The first kappa shape index (κ1) is 20.2. The Balaban J connectivity index is 4.12. The van der Waals surface area contributed by atoms with E-state index in [4.69, 9.17) is 0 Å². The van der Waals surface area contributed by atoms with Gasteiger partial charge in [0.05, 0.1) is 6.26 Å². The third-order valence-electron chi connectivity index (χ3n) is 1.32. The van der Waals surface area contributed by atoms with E-state index in [2.05, 4.69) is 29.6 Å². The monoisotopic (exact) mass is 348 g/mol. The van der Waals surface area contributed by atoms with Crippen molar-refractivity contribution in [3.63, 3.8) is 0 Å². The SMILES string of the molecule is C=COP(=O)(OCOCC(F)(F)F)OCOCC(F)(F)F. The number of rotatable bonds is 10. The van der Waals surface area contributed by atoms with Crippen LogP contribution in [0.5, 0.6) is 0 Å². The average molecular weight is 348 g/mol. The van der Waals surface area contributed by atoms with Crippen molar-refractivity contribution >= 4 is 7.82 Å². The minimum atomic E-state index is -4.64. The van der Waals surface area contributed by atoms with Crippen LogP contribution in [0.15, 0.2) is 12.8 Å². The predicted molar refractivity (Wildman–Crippen MR) is 54.8 cm³/mol. The molecule has 0 fully saturated rings. The Morgan fingerprint density at radius 2 is 1.29 bits per heavy atom. The first-order valence-corrected chi connectivity index (χ1v) is 6.41. The molecular weight excluding hydrogens is 337 g/mol. The van der Waals surface area contributed by atoms with E-state index in [0.29, 0.717) is 6.26 Å². The largest absolute Gasteiger partial charge is 0.533 e. The smallest absolute Gasteiger partial charge is 0.412 e. The molecule has 0 heterocycles. The first-order valence-electron chi connectivity index (χ1n) is 4.95. The lowest BCUT2D eigenvalue weighted by Gasteiger charge is -2.17. The lowest BCUT2D eigenvalue weighted by atomic mass is 10.7. The molecule has 0 unspecified atom stereocenters. The maximum absolute atomic E-state index is 11.7. The van der Waals surface area contributed by atoms with E-state index in [9.17, 15) is 30.9 Å². The van der Waals surface area contributed by atoms with Gasteiger partial charge in [-0.3, -0.25) is 0 Å². The van der Waals surface area contributed by atoms with Gasteiger partial charge in [-0.25, -0.2) is 13.6 Å². The zero-order valence-electron chi connectivity index (χ0n) is 10.3. The fraction of sp³-hybridized carbons (Fsp3) is 0.750. The lowest BCUT2D eigenvalue weighted by Crippen LogP contribution is -2.19. The maximum atomic E-state index is 11.7. The molecular formula is C8H11F6O6P. The van der Waals surface area contributed by atoms with E-state index < -0.39 is 47.0 Å². The summed E-state index contributed by atoms with van der Waals surface area (Å²) in [6, 6.07) is 0. The molecule has 0 aliphatic carbocycles. The zero-order chi connectivity index (χ0) is 16.6. The number of alkyl halides is 6. The molecule has 126 valence electrons. The number of hydrogen-bond acceptors (Lipinski definition) is 6. The van der Waals surface area contributed by atoms with Crippen molar-refractivity contribution < 1.29 is 54.0 Å². The third-order valence-corrected chi connectivity index (χ3v) is 2.57.